The molecule has 1 fully saturated rings. The molecule has 0 unspecified atom stereocenters. The number of rotatable bonds is 10. The molecule has 1 aliphatic rings. The number of methoxy groups -OCH3 is 3. The van der Waals surface area contributed by atoms with E-state index in [1.807, 2.05) is 0 Å². The van der Waals surface area contributed by atoms with Crippen LogP contribution in [0.3, 0.4) is 0 Å². The maximum atomic E-state index is 12.6. The minimum absolute atomic E-state index is 0.160. The molecule has 10 heteroatoms. The minimum Gasteiger partial charge on any atom is -0.496 e. The third-order valence-corrected chi connectivity index (χ3v) is 7.33. The number of amides is 1. The summed E-state index contributed by atoms with van der Waals surface area (Å²) in [7, 11) is 4.67. The van der Waals surface area contributed by atoms with Crippen LogP contribution in [-0.2, 0) is 4.79 Å². The molecule has 1 amide bonds. The summed E-state index contributed by atoms with van der Waals surface area (Å²) in [6.07, 6.45) is 7.31. The van der Waals surface area contributed by atoms with E-state index in [1.54, 1.807) is 33.5 Å². The van der Waals surface area contributed by atoms with Crippen LogP contribution in [-0.4, -0.2) is 54.0 Å². The molecule has 1 aromatic heterocycles. The fourth-order valence-electron chi connectivity index (χ4n) is 4.43. The van der Waals surface area contributed by atoms with Gasteiger partial charge < -0.3 is 14.2 Å². The zero-order valence-corrected chi connectivity index (χ0v) is 22.5. The predicted molar refractivity (Wildman–Crippen MR) is 145 cm³/mol. The largest absolute Gasteiger partial charge is 0.496 e. The molecule has 2 aromatic carbocycles. The number of nitrogens with zero attached hydrogens (tertiary/aromatic N) is 4. The van der Waals surface area contributed by atoms with Gasteiger partial charge in [0.25, 0.3) is 5.91 Å². The number of hydrogen-bond acceptors (Lipinski definition) is 8. The number of carbonyl (C=O) groups is 1. The Kier molecular flexibility index (Phi) is 9.05. The quantitative estimate of drug-likeness (QED) is 0.226. The summed E-state index contributed by atoms with van der Waals surface area (Å²) in [6.45, 7) is 2.07. The minimum atomic E-state index is -0.247. The van der Waals surface area contributed by atoms with Crippen LogP contribution < -0.4 is 19.6 Å². The average molecular weight is 524 g/mol. The smallest absolute Gasteiger partial charge is 0.250 e. The van der Waals surface area contributed by atoms with Crippen molar-refractivity contribution in [1.29, 1.82) is 0 Å². The maximum absolute atomic E-state index is 12.6. The highest BCUT2D eigenvalue weighted by molar-refractivity contribution is 7.99. The standard InChI is InChI=1S/C27H33N5O4S/c1-18-10-12-19(13-11-18)26-30-31-27(32(26)20-8-6-5-7-9-20)37-17-25(33)29-28-16-22-23(35-3)14-21(34-2)15-24(22)36-4/h10-16,20H,5-9,17H2,1-4H3,(H,29,33)/b28-16-. The molecular formula is C27H33N5O4S. The lowest BCUT2D eigenvalue weighted by molar-refractivity contribution is -0.118. The lowest BCUT2D eigenvalue weighted by Gasteiger charge is -2.25. The number of hydrazone groups is 1. The van der Waals surface area contributed by atoms with E-state index in [0.29, 0.717) is 28.9 Å². The van der Waals surface area contributed by atoms with Crippen molar-refractivity contribution in [3.05, 3.63) is 47.5 Å². The normalized spacial score (nSPS) is 14.1. The first-order valence-electron chi connectivity index (χ1n) is 12.3. The van der Waals surface area contributed by atoms with Crippen molar-refractivity contribution >= 4 is 23.9 Å². The molecule has 0 spiro atoms. The molecule has 0 saturated heterocycles. The van der Waals surface area contributed by atoms with Crippen molar-refractivity contribution in [2.75, 3.05) is 27.1 Å². The first kappa shape index (κ1) is 26.5. The third kappa shape index (κ3) is 6.43. The second-order valence-corrected chi connectivity index (χ2v) is 9.80. The number of hydrogen-bond donors (Lipinski definition) is 1. The van der Waals surface area contributed by atoms with E-state index in [2.05, 4.69) is 56.5 Å². The van der Waals surface area contributed by atoms with Crippen LogP contribution in [0.15, 0.2) is 46.7 Å². The van der Waals surface area contributed by atoms with Gasteiger partial charge in [-0.25, -0.2) is 5.43 Å². The summed E-state index contributed by atoms with van der Waals surface area (Å²) in [6, 6.07) is 12.1. The Hall–Kier alpha value is -3.53. The van der Waals surface area contributed by atoms with E-state index in [9.17, 15) is 4.79 Å². The molecule has 0 radical (unpaired) electrons. The van der Waals surface area contributed by atoms with Crippen LogP contribution >= 0.6 is 11.8 Å². The molecule has 4 rings (SSSR count). The molecular weight excluding hydrogens is 490 g/mol. The lowest BCUT2D eigenvalue weighted by Crippen LogP contribution is -2.21. The first-order chi connectivity index (χ1) is 18.0. The summed E-state index contributed by atoms with van der Waals surface area (Å²) < 4.78 is 18.3. The van der Waals surface area contributed by atoms with Crippen molar-refractivity contribution in [2.45, 2.75) is 50.2 Å². The zero-order chi connectivity index (χ0) is 26.2. The molecule has 1 heterocycles. The highest BCUT2D eigenvalue weighted by Crippen LogP contribution is 2.36. The molecule has 0 aliphatic heterocycles. The van der Waals surface area contributed by atoms with Crippen LogP contribution in [0.4, 0.5) is 0 Å². The van der Waals surface area contributed by atoms with Gasteiger partial charge in [0.1, 0.15) is 17.2 Å². The fourth-order valence-corrected chi connectivity index (χ4v) is 5.23. The molecule has 9 nitrogen and oxygen atoms in total. The summed E-state index contributed by atoms with van der Waals surface area (Å²) in [5, 5.41) is 13.8. The number of nitrogens with one attached hydrogen (secondary N) is 1. The second kappa shape index (κ2) is 12.6. The highest BCUT2D eigenvalue weighted by atomic mass is 32.2. The van der Waals surface area contributed by atoms with Gasteiger partial charge in [-0.3, -0.25) is 9.36 Å². The van der Waals surface area contributed by atoms with Gasteiger partial charge >= 0.3 is 0 Å². The SMILES string of the molecule is COc1cc(OC)c(/C=N\NC(=O)CSc2nnc(-c3ccc(C)cc3)n2C2CCCCC2)c(OC)c1. The van der Waals surface area contributed by atoms with Gasteiger partial charge in [-0.2, -0.15) is 5.10 Å². The summed E-state index contributed by atoms with van der Waals surface area (Å²) in [5.74, 6) is 2.40. The van der Waals surface area contributed by atoms with Crippen LogP contribution in [0.25, 0.3) is 11.4 Å². The second-order valence-electron chi connectivity index (χ2n) is 8.86. The molecule has 0 bridgehead atoms. The summed E-state index contributed by atoms with van der Waals surface area (Å²) in [5.41, 5.74) is 5.41. The van der Waals surface area contributed by atoms with Crippen LogP contribution in [0.5, 0.6) is 17.2 Å². The Balaban J connectivity index is 1.46. The number of ether oxygens (including phenoxy) is 3. The number of benzene rings is 2. The predicted octanol–water partition coefficient (Wildman–Crippen LogP) is 5.03. The molecule has 1 N–H and O–H groups in total. The zero-order valence-electron chi connectivity index (χ0n) is 21.7. The molecule has 3 aromatic rings. The number of aromatic nitrogens is 3. The number of aryl methyl sites for hydroxylation is 1. The van der Waals surface area contributed by atoms with Crippen molar-refractivity contribution in [1.82, 2.24) is 20.2 Å². The van der Waals surface area contributed by atoms with Gasteiger partial charge in [-0.15, -0.1) is 10.2 Å². The molecule has 1 aliphatic carbocycles. The van der Waals surface area contributed by atoms with Gasteiger partial charge in [-0.1, -0.05) is 60.9 Å². The van der Waals surface area contributed by atoms with Gasteiger partial charge in [0.2, 0.25) is 0 Å². The van der Waals surface area contributed by atoms with Gasteiger partial charge in [0, 0.05) is 23.7 Å². The Morgan fingerprint density at radius 3 is 2.35 bits per heavy atom. The number of thioether (sulfide) groups is 1. The van der Waals surface area contributed by atoms with Gasteiger partial charge in [-0.05, 0) is 19.8 Å². The van der Waals surface area contributed by atoms with Gasteiger partial charge in [0.15, 0.2) is 11.0 Å². The van der Waals surface area contributed by atoms with Crippen molar-refractivity contribution in [2.24, 2.45) is 5.10 Å². The lowest BCUT2D eigenvalue weighted by atomic mass is 9.95. The van der Waals surface area contributed by atoms with E-state index < -0.39 is 0 Å². The van der Waals surface area contributed by atoms with Gasteiger partial charge in [0.05, 0.1) is 38.9 Å². The fraction of sp³-hybridized carbons (Fsp3) is 0.407. The van der Waals surface area contributed by atoms with E-state index in [-0.39, 0.29) is 11.7 Å². The summed E-state index contributed by atoms with van der Waals surface area (Å²) in [4.78, 5) is 12.6. The highest BCUT2D eigenvalue weighted by Gasteiger charge is 2.24. The molecule has 196 valence electrons. The number of carbonyl (C=O) groups excluding carboxylic acids is 1. The summed E-state index contributed by atoms with van der Waals surface area (Å²) >= 11 is 1.37. The average Bonchev–Trinajstić information content (AvgIpc) is 3.36. The van der Waals surface area contributed by atoms with E-state index in [4.69, 9.17) is 14.2 Å². The Morgan fingerprint density at radius 1 is 1.05 bits per heavy atom. The van der Waals surface area contributed by atoms with Crippen molar-refractivity contribution in [3.8, 4) is 28.6 Å². The maximum Gasteiger partial charge on any atom is 0.250 e. The van der Waals surface area contributed by atoms with E-state index in [0.717, 1.165) is 29.4 Å². The molecule has 0 atom stereocenters. The Morgan fingerprint density at radius 2 is 1.73 bits per heavy atom. The van der Waals surface area contributed by atoms with Crippen LogP contribution in [0.1, 0.15) is 49.3 Å². The van der Waals surface area contributed by atoms with Crippen LogP contribution in [0.2, 0.25) is 0 Å². The first-order valence-corrected chi connectivity index (χ1v) is 13.3. The monoisotopic (exact) mass is 523 g/mol. The Labute approximate surface area is 221 Å². The third-order valence-electron chi connectivity index (χ3n) is 6.38. The molecule has 1 saturated carbocycles. The van der Waals surface area contributed by atoms with E-state index in [1.165, 1.54) is 42.8 Å². The molecule has 37 heavy (non-hydrogen) atoms. The van der Waals surface area contributed by atoms with Crippen molar-refractivity contribution < 1.29 is 19.0 Å². The van der Waals surface area contributed by atoms with Crippen LogP contribution in [0, 0.1) is 6.92 Å². The topological polar surface area (TPSA) is 99.9 Å². The Bertz CT molecular complexity index is 1210. The van der Waals surface area contributed by atoms with E-state index >= 15 is 0 Å². The van der Waals surface area contributed by atoms with Crippen molar-refractivity contribution in [3.63, 3.8) is 0 Å².